The van der Waals surface area contributed by atoms with Crippen molar-refractivity contribution in [3.8, 4) is 0 Å². The average Bonchev–Trinajstić information content (AvgIpc) is 1.35. The molecule has 3 heteroatoms. The van der Waals surface area contributed by atoms with Crippen molar-refractivity contribution in [3.05, 3.63) is 11.6 Å². The highest BCUT2D eigenvalue weighted by Gasteiger charge is 1.77. The molecule has 0 rings (SSSR count). The maximum absolute atomic E-state index is 5.24. The smallest absolute Gasteiger partial charge is 0.0450 e. The van der Waals surface area contributed by atoms with E-state index in [0.717, 1.165) is 0 Å². The van der Waals surface area contributed by atoms with Crippen molar-refractivity contribution in [2.75, 3.05) is 6.54 Å². The van der Waals surface area contributed by atoms with Gasteiger partial charge in [-0.15, -0.1) is 0 Å². The predicted molar refractivity (Wildman–Crippen MR) is 27.2 cm³/mol. The Balaban J connectivity index is 2.83. The van der Waals surface area contributed by atoms with Gasteiger partial charge < -0.3 is 0 Å². The predicted octanol–water partition coefficient (Wildman–Crippen LogP) is 0.202. The van der Waals surface area contributed by atoms with Gasteiger partial charge in [0.1, 0.15) is 0 Å². The lowest BCUT2D eigenvalue weighted by atomic mass is 10.6. The molecule has 0 aliphatic rings. The molecule has 0 heterocycles. The van der Waals surface area contributed by atoms with Crippen LogP contribution in [0.1, 0.15) is 0 Å². The number of nitrogens with two attached hydrogens (primary N) is 1. The lowest BCUT2D eigenvalue weighted by Gasteiger charge is -1.88. The van der Waals surface area contributed by atoms with Crippen LogP contribution in [0.5, 0.6) is 0 Å². The van der Waals surface area contributed by atoms with Gasteiger partial charge in [-0.3, -0.25) is 11.3 Å². The van der Waals surface area contributed by atoms with Gasteiger partial charge in [0.05, 0.1) is 0 Å². The summed E-state index contributed by atoms with van der Waals surface area (Å²) in [6.07, 6.45) is 0. The van der Waals surface area contributed by atoms with Crippen molar-refractivity contribution in [2.24, 2.45) is 5.84 Å². The first-order valence-electron chi connectivity index (χ1n) is 1.54. The maximum atomic E-state index is 5.24. The van der Waals surface area contributed by atoms with Crippen LogP contribution in [0.25, 0.3) is 0 Å². The standard InChI is InChI=1S/C3H7ClN2/c1-3(4)2-6-5/h6H,1-2,5H2. The maximum Gasteiger partial charge on any atom is 0.0450 e. The molecule has 0 spiro atoms. The van der Waals surface area contributed by atoms with Crippen molar-refractivity contribution in [1.29, 1.82) is 0 Å². The van der Waals surface area contributed by atoms with Crippen molar-refractivity contribution < 1.29 is 0 Å². The summed E-state index contributed by atoms with van der Waals surface area (Å²) in [7, 11) is 0. The molecule has 36 valence electrons. The molecule has 6 heavy (non-hydrogen) atoms. The highest BCUT2D eigenvalue weighted by atomic mass is 35.5. The van der Waals surface area contributed by atoms with Crippen LogP contribution in [0, 0.1) is 0 Å². The van der Waals surface area contributed by atoms with Gasteiger partial charge in [-0.1, -0.05) is 18.2 Å². The molecule has 0 aliphatic heterocycles. The van der Waals surface area contributed by atoms with E-state index >= 15 is 0 Å². The van der Waals surface area contributed by atoms with Crippen LogP contribution in [0.3, 0.4) is 0 Å². The normalized spacial score (nSPS) is 8.33. The average molecular weight is 107 g/mol. The van der Waals surface area contributed by atoms with Crippen LogP contribution in [0.4, 0.5) is 0 Å². The van der Waals surface area contributed by atoms with Crippen LogP contribution in [0.15, 0.2) is 11.6 Å². The molecule has 0 fully saturated rings. The first kappa shape index (κ1) is 5.95. The van der Waals surface area contributed by atoms with Crippen molar-refractivity contribution in [2.45, 2.75) is 0 Å². The molecule has 0 amide bonds. The number of rotatable bonds is 2. The van der Waals surface area contributed by atoms with Gasteiger partial charge in [-0.05, 0) is 0 Å². The monoisotopic (exact) mass is 106 g/mol. The largest absolute Gasteiger partial charge is 0.271 e. The third kappa shape index (κ3) is 3.95. The topological polar surface area (TPSA) is 38.0 Å². The van der Waals surface area contributed by atoms with Gasteiger partial charge in [0.15, 0.2) is 0 Å². The van der Waals surface area contributed by atoms with Gasteiger partial charge in [0, 0.05) is 11.6 Å². The number of hydrogen-bond donors (Lipinski definition) is 2. The minimum atomic E-state index is 0.474. The Kier molecular flexibility index (Phi) is 3.13. The summed E-state index contributed by atoms with van der Waals surface area (Å²) >= 11 is 5.24. The second-order valence-electron chi connectivity index (χ2n) is 0.898. The quantitative estimate of drug-likeness (QED) is 0.390. The van der Waals surface area contributed by atoms with E-state index in [4.69, 9.17) is 17.4 Å². The van der Waals surface area contributed by atoms with E-state index in [9.17, 15) is 0 Å². The highest BCUT2D eigenvalue weighted by molar-refractivity contribution is 6.29. The third-order valence-corrected chi connectivity index (χ3v) is 0.428. The van der Waals surface area contributed by atoms with Crippen LogP contribution in [0.2, 0.25) is 0 Å². The number of halogens is 1. The summed E-state index contributed by atoms with van der Waals surface area (Å²) in [5.74, 6) is 4.83. The fourth-order valence-corrected chi connectivity index (χ4v) is 0.188. The Morgan fingerprint density at radius 3 is 2.50 bits per heavy atom. The number of nitrogens with one attached hydrogen (secondary N) is 1. The number of hydrogen-bond acceptors (Lipinski definition) is 2. The van der Waals surface area contributed by atoms with Gasteiger partial charge in [0.2, 0.25) is 0 Å². The molecule has 0 aliphatic carbocycles. The SMILES string of the molecule is C=C(Cl)CNN. The highest BCUT2D eigenvalue weighted by Crippen LogP contribution is 1.89. The van der Waals surface area contributed by atoms with Crippen molar-refractivity contribution >= 4 is 11.6 Å². The fourth-order valence-electron chi connectivity index (χ4n) is 0.111. The first-order valence-corrected chi connectivity index (χ1v) is 1.92. The molecule has 0 bridgehead atoms. The molecule has 0 atom stereocenters. The van der Waals surface area contributed by atoms with Crippen LogP contribution >= 0.6 is 11.6 Å². The third-order valence-electron chi connectivity index (χ3n) is 0.294. The zero-order valence-corrected chi connectivity index (χ0v) is 4.13. The molecule has 0 aromatic rings. The Hall–Kier alpha value is -0.0500. The summed E-state index contributed by atoms with van der Waals surface area (Å²) in [4.78, 5) is 0. The van der Waals surface area contributed by atoms with E-state index in [1.54, 1.807) is 0 Å². The van der Waals surface area contributed by atoms with E-state index in [0.29, 0.717) is 11.6 Å². The molecule has 3 N–H and O–H groups in total. The van der Waals surface area contributed by atoms with E-state index < -0.39 is 0 Å². The summed E-state index contributed by atoms with van der Waals surface area (Å²) < 4.78 is 0. The van der Waals surface area contributed by atoms with Gasteiger partial charge in [0.25, 0.3) is 0 Å². The lowest BCUT2D eigenvalue weighted by Crippen LogP contribution is -2.22. The zero-order valence-electron chi connectivity index (χ0n) is 3.37. The molecule has 0 saturated heterocycles. The molecular weight excluding hydrogens is 99.5 g/mol. The molecule has 0 aromatic carbocycles. The summed E-state index contributed by atoms with van der Waals surface area (Å²) in [5, 5.41) is 0.525. The van der Waals surface area contributed by atoms with E-state index in [-0.39, 0.29) is 0 Å². The molecule has 0 radical (unpaired) electrons. The van der Waals surface area contributed by atoms with Crippen molar-refractivity contribution in [1.82, 2.24) is 5.43 Å². The van der Waals surface area contributed by atoms with Gasteiger partial charge in [-0.25, -0.2) is 0 Å². The fraction of sp³-hybridized carbons (Fsp3) is 0.333. The van der Waals surface area contributed by atoms with Crippen LogP contribution < -0.4 is 11.3 Å². The van der Waals surface area contributed by atoms with E-state index in [2.05, 4.69) is 12.0 Å². The van der Waals surface area contributed by atoms with Crippen LogP contribution in [-0.2, 0) is 0 Å². The van der Waals surface area contributed by atoms with Crippen LogP contribution in [-0.4, -0.2) is 6.54 Å². The first-order chi connectivity index (χ1) is 2.77. The molecular formula is C3H7ClN2. The Labute approximate surface area is 41.9 Å². The molecule has 2 nitrogen and oxygen atoms in total. The summed E-state index contributed by atoms with van der Waals surface area (Å²) in [5.41, 5.74) is 2.34. The number of hydrazine groups is 1. The summed E-state index contributed by atoms with van der Waals surface area (Å²) in [6, 6.07) is 0. The Morgan fingerprint density at radius 1 is 2.00 bits per heavy atom. The Bertz CT molecular complexity index is 52.8. The minimum Gasteiger partial charge on any atom is -0.271 e. The van der Waals surface area contributed by atoms with Crippen molar-refractivity contribution in [3.63, 3.8) is 0 Å². The Morgan fingerprint density at radius 2 is 2.50 bits per heavy atom. The van der Waals surface area contributed by atoms with Gasteiger partial charge >= 0.3 is 0 Å². The summed E-state index contributed by atoms with van der Waals surface area (Å²) in [6.45, 7) is 3.84. The minimum absolute atomic E-state index is 0.474. The lowest BCUT2D eigenvalue weighted by molar-refractivity contribution is 0.817. The second kappa shape index (κ2) is 3.15. The molecule has 0 aromatic heterocycles. The van der Waals surface area contributed by atoms with E-state index in [1.165, 1.54) is 0 Å². The molecule has 0 unspecified atom stereocenters. The zero-order chi connectivity index (χ0) is 4.99. The van der Waals surface area contributed by atoms with E-state index in [1.807, 2.05) is 0 Å². The van der Waals surface area contributed by atoms with Gasteiger partial charge in [-0.2, -0.15) is 0 Å². The second-order valence-corrected chi connectivity index (χ2v) is 1.43. The molecule has 0 saturated carbocycles.